The first-order valence-corrected chi connectivity index (χ1v) is 29.8. The molecule has 0 saturated carbocycles. The number of para-hydroxylation sites is 2. The molecule has 0 atom stereocenters. The van der Waals surface area contributed by atoms with Crippen LogP contribution >= 0.6 is 11.3 Å². The number of aromatic nitrogens is 3. The van der Waals surface area contributed by atoms with E-state index in [2.05, 4.69) is 133 Å². The summed E-state index contributed by atoms with van der Waals surface area (Å²) in [5.41, 5.74) is 11.5. The van der Waals surface area contributed by atoms with E-state index in [0.717, 1.165) is 63.8 Å². The van der Waals surface area contributed by atoms with Gasteiger partial charge in [0.05, 0.1) is 16.9 Å². The van der Waals surface area contributed by atoms with E-state index < -0.39 is 31.9 Å². The van der Waals surface area contributed by atoms with Gasteiger partial charge in [0.1, 0.15) is 0 Å². The third-order valence-corrected chi connectivity index (χ3v) is 16.5. The third-order valence-electron chi connectivity index (χ3n) is 11.2. The molecule has 1 radical (unpaired) electrons. The molecule has 0 amide bonds. The predicted octanol–water partition coefficient (Wildman–Crippen LogP) is 15.8. The predicted molar refractivity (Wildman–Crippen MR) is 271 cm³/mol. The maximum Gasteiger partial charge on any atom is 0 e. The van der Waals surface area contributed by atoms with E-state index in [9.17, 15) is 0 Å². The Hall–Kier alpha value is -4.65. The van der Waals surface area contributed by atoms with Crippen LogP contribution in [0, 0.1) is 24.4 Å². The Morgan fingerprint density at radius 3 is 2.10 bits per heavy atom. The van der Waals surface area contributed by atoms with Crippen molar-refractivity contribution in [2.45, 2.75) is 90.8 Å². The molecule has 6 aromatic carbocycles. The summed E-state index contributed by atoms with van der Waals surface area (Å²) in [5.74, 6) is 8.26. The maximum atomic E-state index is 8.76. The molecule has 0 aliphatic carbocycles. The van der Waals surface area contributed by atoms with E-state index in [-0.39, 0.29) is 31.9 Å². The summed E-state index contributed by atoms with van der Waals surface area (Å²) in [4.78, 5) is 9.84. The van der Waals surface area contributed by atoms with Crippen LogP contribution in [0.1, 0.15) is 89.4 Å². The second-order valence-electron chi connectivity index (χ2n) is 18.9. The van der Waals surface area contributed by atoms with Crippen molar-refractivity contribution >= 4 is 60.2 Å². The number of pyridine rings is 1. The Bertz CT molecular complexity index is 3210. The normalized spacial score (nSPS) is 13.6. The minimum atomic E-state index is -2.24. The van der Waals surface area contributed by atoms with Crippen LogP contribution < -0.4 is 4.40 Å². The fourth-order valence-corrected chi connectivity index (χ4v) is 12.2. The second-order valence-corrected chi connectivity index (χ2v) is 30.5. The number of benzene rings is 6. The van der Waals surface area contributed by atoms with Gasteiger partial charge < -0.3 is 4.57 Å². The van der Waals surface area contributed by atoms with E-state index in [1.54, 1.807) is 23.5 Å². The number of rotatable bonds is 8. The average molecular weight is 1090 g/mol. The first kappa shape index (κ1) is 39.9. The van der Waals surface area contributed by atoms with Gasteiger partial charge in [0.25, 0.3) is 0 Å². The van der Waals surface area contributed by atoms with Gasteiger partial charge in [0, 0.05) is 34.6 Å². The zero-order valence-corrected chi connectivity index (χ0v) is 43.2. The zero-order chi connectivity index (χ0) is 48.2. The number of imidazole rings is 1. The zero-order valence-electron chi connectivity index (χ0n) is 42.9. The molecule has 0 aliphatic rings. The van der Waals surface area contributed by atoms with Gasteiger partial charge in [0.15, 0.2) is 0 Å². The third kappa shape index (κ3) is 10.0. The van der Waals surface area contributed by atoms with E-state index >= 15 is 0 Å². The number of fused-ring (bicyclic) bond motifs is 4. The Balaban J connectivity index is 0.000000242. The maximum absolute atomic E-state index is 8.76. The van der Waals surface area contributed by atoms with Crippen LogP contribution in [-0.4, -0.2) is 27.8 Å². The molecule has 6 heteroatoms. The Morgan fingerprint density at radius 1 is 0.746 bits per heavy atom. The molecule has 323 valence electrons. The quantitative estimate of drug-likeness (QED) is 0.112. The summed E-state index contributed by atoms with van der Waals surface area (Å²) in [6.07, 6.45) is 0.502. The van der Waals surface area contributed by atoms with Crippen LogP contribution in [0.25, 0.3) is 70.7 Å². The molecule has 0 N–H and O–H groups in total. The van der Waals surface area contributed by atoms with E-state index in [4.69, 9.17) is 11.8 Å². The van der Waals surface area contributed by atoms with Crippen LogP contribution in [-0.2, 0) is 26.5 Å². The molecule has 9 rings (SSSR count). The first-order valence-electron chi connectivity index (χ1n) is 24.1. The van der Waals surface area contributed by atoms with Crippen molar-refractivity contribution in [3.63, 3.8) is 0 Å². The molecular weight excluding hydrogens is 1020 g/mol. The van der Waals surface area contributed by atoms with E-state index in [0.29, 0.717) is 5.56 Å². The van der Waals surface area contributed by atoms with E-state index in [1.807, 2.05) is 75.5 Å². The molecule has 3 nitrogen and oxygen atoms in total. The molecule has 3 heterocycles. The van der Waals surface area contributed by atoms with Crippen molar-refractivity contribution in [2.24, 2.45) is 5.41 Å². The van der Waals surface area contributed by atoms with Gasteiger partial charge in [-0.2, -0.15) is 11.3 Å². The van der Waals surface area contributed by atoms with Crippen LogP contribution in [0.4, 0.5) is 0 Å². The standard InChI is InChI=1S/C38H33N2S.C19H26GeN.Ir/c1-23(2)30-21-28(26-11-7-6-8-12-26)22-31(24(3)4)37(30)40-34-14-10-9-13-33(34)39-38(40)27-16-18-35-32(20-27)29-17-15-25(5)19-36(29)41-35;1-19(2,3)13-16-12-18(15-10-8-7-9-11-15)21-14-17(16)20(4,5)6;/h6-15,17-24H,1-5H3;7-10,12,14H,13H2,1-6H3;/q2*-1;/i5D3;13D2;. The topological polar surface area (TPSA) is 30.7 Å². The Kier molecular flexibility index (Phi) is 11.9. The summed E-state index contributed by atoms with van der Waals surface area (Å²) in [6.45, 7) is 12.8. The SMILES string of the molecule is [2H]C([2H])([2H])c1ccc2c(c1)sc1c[c-]c(-c3nc4ccccc4n3-c3c(C(C)C)cc(-c4ccccc4)cc3C(C)C)cc12.[2H]C([2H])(c1cc(-c2[c-]cccc2)nc[c]1[Ge]([CH3])([CH3])[CH3])C(C)(C)C.[Ir]. The largest absolute Gasteiger partial charge is 0 e. The van der Waals surface area contributed by atoms with Gasteiger partial charge in [0.2, 0.25) is 0 Å². The van der Waals surface area contributed by atoms with Gasteiger partial charge in [-0.1, -0.05) is 87.7 Å². The second kappa shape index (κ2) is 18.8. The molecule has 0 fully saturated rings. The van der Waals surface area contributed by atoms with Crippen LogP contribution in [0.15, 0.2) is 134 Å². The minimum absolute atomic E-state index is 0. The summed E-state index contributed by atoms with van der Waals surface area (Å²) in [6, 6.07) is 49.7. The molecule has 3 aromatic heterocycles. The fraction of sp³-hybridized carbons (Fsp3) is 0.263. The molecule has 0 bridgehead atoms. The van der Waals surface area contributed by atoms with Gasteiger partial charge in [-0.15, -0.1) is 23.8 Å². The Morgan fingerprint density at radius 2 is 1.44 bits per heavy atom. The number of hydrogen-bond acceptors (Lipinski definition) is 3. The monoisotopic (exact) mass is 1090 g/mol. The van der Waals surface area contributed by atoms with Crippen LogP contribution in [0.3, 0.4) is 0 Å². The molecule has 0 aliphatic heterocycles. The molecule has 63 heavy (non-hydrogen) atoms. The smallest absolute Gasteiger partial charge is 0 e. The van der Waals surface area contributed by atoms with Gasteiger partial charge in [-0.05, 0) is 86.9 Å². The van der Waals surface area contributed by atoms with Gasteiger partial charge in [-0.3, -0.25) is 4.98 Å². The van der Waals surface area contributed by atoms with Crippen molar-refractivity contribution in [3.8, 4) is 39.5 Å². The molecular formula is C57H59GeIrN3S-2. The van der Waals surface area contributed by atoms with Crippen molar-refractivity contribution in [3.05, 3.63) is 168 Å². The van der Waals surface area contributed by atoms with Crippen molar-refractivity contribution < 1.29 is 27.0 Å². The number of hydrogen-bond donors (Lipinski definition) is 0. The fourth-order valence-electron chi connectivity index (χ4n) is 8.16. The molecule has 0 unspecified atom stereocenters. The summed E-state index contributed by atoms with van der Waals surface area (Å²) in [7, 11) is 0. The minimum Gasteiger partial charge on any atom is 0 e. The Labute approximate surface area is 402 Å². The number of nitrogens with zero attached hydrogens (tertiary/aromatic N) is 3. The van der Waals surface area contributed by atoms with Gasteiger partial charge >= 0.3 is 135 Å². The molecule has 9 aromatic rings. The summed E-state index contributed by atoms with van der Waals surface area (Å²) < 4.78 is 46.6. The van der Waals surface area contributed by atoms with Crippen molar-refractivity contribution in [1.29, 1.82) is 0 Å². The number of thiophene rings is 1. The summed E-state index contributed by atoms with van der Waals surface area (Å²) >= 11 is -0.636. The van der Waals surface area contributed by atoms with Crippen molar-refractivity contribution in [2.75, 3.05) is 0 Å². The first-order chi connectivity index (χ1) is 31.5. The average Bonchev–Trinajstić information content (AvgIpc) is 3.86. The molecule has 0 saturated heterocycles. The van der Waals surface area contributed by atoms with Gasteiger partial charge in [-0.25, -0.2) is 0 Å². The van der Waals surface area contributed by atoms with E-state index in [1.165, 1.54) is 27.9 Å². The van der Waals surface area contributed by atoms with Crippen LogP contribution in [0.2, 0.25) is 17.3 Å². The molecule has 0 spiro atoms. The number of aryl methyl sites for hydroxylation is 1. The van der Waals surface area contributed by atoms with Crippen LogP contribution in [0.5, 0.6) is 0 Å². The summed E-state index contributed by atoms with van der Waals surface area (Å²) in [5, 5.41) is 2.14. The van der Waals surface area contributed by atoms with Crippen molar-refractivity contribution in [1.82, 2.24) is 14.5 Å².